The molecule has 1 aliphatic rings. The summed E-state index contributed by atoms with van der Waals surface area (Å²) in [6, 6.07) is 9.32. The molecular formula is C14H11N7O. The van der Waals surface area contributed by atoms with E-state index < -0.39 is 6.17 Å². The van der Waals surface area contributed by atoms with Crippen molar-refractivity contribution in [3.8, 4) is 0 Å². The zero-order valence-electron chi connectivity index (χ0n) is 11.4. The van der Waals surface area contributed by atoms with E-state index in [0.29, 0.717) is 11.6 Å². The summed E-state index contributed by atoms with van der Waals surface area (Å²) in [6.07, 6.45) is 5.56. The van der Waals surface area contributed by atoms with Crippen molar-refractivity contribution >= 4 is 23.2 Å². The zero-order valence-corrected chi connectivity index (χ0v) is 11.4. The van der Waals surface area contributed by atoms with Crippen LogP contribution in [0.3, 0.4) is 0 Å². The monoisotopic (exact) mass is 293 g/mol. The number of carbonyl (C=O) groups is 1. The molecule has 0 aliphatic carbocycles. The van der Waals surface area contributed by atoms with Crippen LogP contribution in [0.5, 0.6) is 0 Å². The molecule has 0 fully saturated rings. The largest absolute Gasteiger partial charge is 0.338 e. The molecule has 3 aromatic rings. The van der Waals surface area contributed by atoms with Gasteiger partial charge in [0.2, 0.25) is 6.17 Å². The van der Waals surface area contributed by atoms with E-state index >= 15 is 0 Å². The van der Waals surface area contributed by atoms with Crippen LogP contribution in [0.4, 0.5) is 17.3 Å². The predicted molar refractivity (Wildman–Crippen MR) is 78.3 cm³/mol. The summed E-state index contributed by atoms with van der Waals surface area (Å²) in [5, 5.41) is 10.7. The van der Waals surface area contributed by atoms with Gasteiger partial charge < -0.3 is 5.32 Å². The van der Waals surface area contributed by atoms with E-state index in [2.05, 4.69) is 25.6 Å². The Morgan fingerprint density at radius 1 is 1.05 bits per heavy atom. The molecule has 0 saturated heterocycles. The van der Waals surface area contributed by atoms with E-state index in [0.717, 1.165) is 5.69 Å². The minimum atomic E-state index is -0.716. The molecule has 8 heteroatoms. The Labute approximate surface area is 125 Å². The van der Waals surface area contributed by atoms with E-state index in [9.17, 15) is 4.79 Å². The Kier molecular flexibility index (Phi) is 2.78. The standard InChI is InChI=1S/C14H11N7O/c22-14-13(20-9-8-17-19-20)18-11-12(16-7-6-15-11)21(14)10-4-2-1-3-5-10/h1-9,13H,(H,15,18). The zero-order chi connectivity index (χ0) is 14.9. The Hall–Kier alpha value is -3.29. The SMILES string of the molecule is O=C1C(n2ccnn2)Nc2nccnc2N1c1ccccc1. The first-order valence-corrected chi connectivity index (χ1v) is 6.67. The van der Waals surface area contributed by atoms with E-state index in [4.69, 9.17) is 0 Å². The Morgan fingerprint density at radius 3 is 2.64 bits per heavy atom. The maximum atomic E-state index is 12.9. The van der Waals surface area contributed by atoms with E-state index in [1.165, 1.54) is 15.8 Å². The first-order valence-electron chi connectivity index (χ1n) is 6.67. The molecule has 1 atom stereocenters. The van der Waals surface area contributed by atoms with Crippen molar-refractivity contribution in [2.45, 2.75) is 6.17 Å². The van der Waals surface area contributed by atoms with Crippen molar-refractivity contribution in [2.24, 2.45) is 0 Å². The molecule has 1 aromatic carbocycles. The molecule has 1 unspecified atom stereocenters. The third kappa shape index (κ3) is 1.89. The van der Waals surface area contributed by atoms with Crippen LogP contribution in [0, 0.1) is 0 Å². The molecule has 22 heavy (non-hydrogen) atoms. The number of nitrogens with zero attached hydrogens (tertiary/aromatic N) is 6. The van der Waals surface area contributed by atoms with Crippen LogP contribution < -0.4 is 10.2 Å². The van der Waals surface area contributed by atoms with Crippen LogP contribution in [0.15, 0.2) is 55.1 Å². The lowest BCUT2D eigenvalue weighted by Gasteiger charge is -2.33. The number of fused-ring (bicyclic) bond motifs is 1. The van der Waals surface area contributed by atoms with Gasteiger partial charge in [0.15, 0.2) is 11.6 Å². The highest BCUT2D eigenvalue weighted by atomic mass is 16.2. The predicted octanol–water partition coefficient (Wildman–Crippen LogP) is 1.36. The van der Waals surface area contributed by atoms with Crippen molar-refractivity contribution in [1.29, 1.82) is 0 Å². The number of anilines is 3. The molecule has 3 heterocycles. The lowest BCUT2D eigenvalue weighted by atomic mass is 10.2. The molecule has 8 nitrogen and oxygen atoms in total. The molecule has 108 valence electrons. The van der Waals surface area contributed by atoms with Crippen LogP contribution in [-0.4, -0.2) is 30.9 Å². The van der Waals surface area contributed by atoms with Gasteiger partial charge in [-0.25, -0.2) is 14.6 Å². The molecule has 1 amide bonds. The normalized spacial score (nSPS) is 17.0. The summed E-state index contributed by atoms with van der Waals surface area (Å²) in [6.45, 7) is 0. The van der Waals surface area contributed by atoms with E-state index in [-0.39, 0.29) is 5.91 Å². The van der Waals surface area contributed by atoms with Crippen LogP contribution in [0.1, 0.15) is 6.17 Å². The maximum Gasteiger partial charge on any atom is 0.278 e. The average Bonchev–Trinajstić information content (AvgIpc) is 3.09. The number of amides is 1. The smallest absolute Gasteiger partial charge is 0.278 e. The van der Waals surface area contributed by atoms with Gasteiger partial charge in [0.25, 0.3) is 5.91 Å². The average molecular weight is 293 g/mol. The number of hydrogen-bond donors (Lipinski definition) is 1. The molecule has 4 rings (SSSR count). The second kappa shape index (κ2) is 4.92. The molecule has 0 saturated carbocycles. The second-order valence-electron chi connectivity index (χ2n) is 4.67. The molecule has 1 aliphatic heterocycles. The van der Waals surface area contributed by atoms with Crippen molar-refractivity contribution in [1.82, 2.24) is 25.0 Å². The maximum absolute atomic E-state index is 12.9. The fourth-order valence-corrected chi connectivity index (χ4v) is 2.37. The molecule has 1 N–H and O–H groups in total. The summed E-state index contributed by atoms with van der Waals surface area (Å²) in [7, 11) is 0. The van der Waals surface area contributed by atoms with Gasteiger partial charge in [-0.15, -0.1) is 5.10 Å². The summed E-state index contributed by atoms with van der Waals surface area (Å²) in [5.74, 6) is 0.784. The number of nitrogens with one attached hydrogen (secondary N) is 1. The number of carbonyl (C=O) groups excluding carboxylic acids is 1. The highest BCUT2D eigenvalue weighted by Gasteiger charge is 2.36. The Morgan fingerprint density at radius 2 is 1.86 bits per heavy atom. The van der Waals surface area contributed by atoms with Crippen molar-refractivity contribution in [3.05, 3.63) is 55.1 Å². The molecule has 2 aromatic heterocycles. The van der Waals surface area contributed by atoms with Gasteiger partial charge in [-0.1, -0.05) is 23.4 Å². The summed E-state index contributed by atoms with van der Waals surface area (Å²) < 4.78 is 1.45. The summed E-state index contributed by atoms with van der Waals surface area (Å²) in [5.41, 5.74) is 0.723. The lowest BCUT2D eigenvalue weighted by molar-refractivity contribution is -0.120. The molecule has 0 spiro atoms. The van der Waals surface area contributed by atoms with Gasteiger partial charge in [-0.05, 0) is 12.1 Å². The van der Waals surface area contributed by atoms with Gasteiger partial charge in [0, 0.05) is 18.6 Å². The summed E-state index contributed by atoms with van der Waals surface area (Å²) in [4.78, 5) is 23.0. The fourth-order valence-electron chi connectivity index (χ4n) is 2.37. The van der Waals surface area contributed by atoms with Crippen LogP contribution in [-0.2, 0) is 4.79 Å². The Bertz CT molecular complexity index is 803. The van der Waals surface area contributed by atoms with Crippen LogP contribution >= 0.6 is 0 Å². The van der Waals surface area contributed by atoms with Gasteiger partial charge in [0.05, 0.1) is 11.9 Å². The van der Waals surface area contributed by atoms with Gasteiger partial charge in [0.1, 0.15) is 0 Å². The topological polar surface area (TPSA) is 88.8 Å². The van der Waals surface area contributed by atoms with Crippen molar-refractivity contribution < 1.29 is 4.79 Å². The highest BCUT2D eigenvalue weighted by molar-refractivity contribution is 6.07. The lowest BCUT2D eigenvalue weighted by Crippen LogP contribution is -2.43. The van der Waals surface area contributed by atoms with Gasteiger partial charge in [-0.3, -0.25) is 9.69 Å². The van der Waals surface area contributed by atoms with Crippen molar-refractivity contribution in [2.75, 3.05) is 10.2 Å². The second-order valence-corrected chi connectivity index (χ2v) is 4.67. The van der Waals surface area contributed by atoms with Crippen molar-refractivity contribution in [3.63, 3.8) is 0 Å². The quantitative estimate of drug-likeness (QED) is 0.767. The minimum absolute atomic E-state index is 0.204. The fraction of sp³-hybridized carbons (Fsp3) is 0.0714. The summed E-state index contributed by atoms with van der Waals surface area (Å²) >= 11 is 0. The highest BCUT2D eigenvalue weighted by Crippen LogP contribution is 2.35. The first-order chi connectivity index (χ1) is 10.8. The third-order valence-electron chi connectivity index (χ3n) is 3.34. The van der Waals surface area contributed by atoms with Crippen LogP contribution in [0.25, 0.3) is 0 Å². The molecule has 0 bridgehead atoms. The Balaban J connectivity index is 1.86. The number of rotatable bonds is 2. The third-order valence-corrected chi connectivity index (χ3v) is 3.34. The van der Waals surface area contributed by atoms with E-state index in [1.807, 2.05) is 30.3 Å². The number of benzene rings is 1. The van der Waals surface area contributed by atoms with E-state index in [1.54, 1.807) is 18.6 Å². The first kappa shape index (κ1) is 12.5. The molecular weight excluding hydrogens is 282 g/mol. The number of aromatic nitrogens is 5. The number of para-hydroxylation sites is 1. The van der Waals surface area contributed by atoms with Gasteiger partial charge >= 0.3 is 0 Å². The molecule has 0 radical (unpaired) electrons. The van der Waals surface area contributed by atoms with Gasteiger partial charge in [-0.2, -0.15) is 0 Å². The van der Waals surface area contributed by atoms with Crippen LogP contribution in [0.2, 0.25) is 0 Å². The minimum Gasteiger partial charge on any atom is -0.338 e. The number of hydrogen-bond acceptors (Lipinski definition) is 6.